The minimum atomic E-state index is -0.140. The Bertz CT molecular complexity index is 641. The van der Waals surface area contributed by atoms with Crippen LogP contribution in [0, 0.1) is 6.92 Å². The van der Waals surface area contributed by atoms with E-state index in [9.17, 15) is 4.79 Å². The molecule has 1 aromatic carbocycles. The van der Waals surface area contributed by atoms with Crippen molar-refractivity contribution in [3.8, 4) is 11.5 Å². The highest BCUT2D eigenvalue weighted by molar-refractivity contribution is 8.00. The molecule has 3 rings (SSSR count). The molecule has 0 saturated carbocycles. The number of hydrogen-bond acceptors (Lipinski definition) is 5. The first-order valence-corrected chi connectivity index (χ1v) is 7.95. The molecule has 0 bridgehead atoms. The molecule has 1 aliphatic rings. The lowest BCUT2D eigenvalue weighted by atomic mass is 10.1. The predicted molar refractivity (Wildman–Crippen MR) is 81.0 cm³/mol. The van der Waals surface area contributed by atoms with Crippen molar-refractivity contribution in [2.75, 3.05) is 6.54 Å². The smallest absolute Gasteiger partial charge is 0.277 e. The fraction of sp³-hybridized carbons (Fsp3) is 0.400. The van der Waals surface area contributed by atoms with Crippen LogP contribution in [0.5, 0.6) is 0 Å². The molecule has 110 valence electrons. The maximum atomic E-state index is 11.9. The highest BCUT2D eigenvalue weighted by atomic mass is 32.2. The summed E-state index contributed by atoms with van der Waals surface area (Å²) in [5.41, 5.74) is 2.04. The third-order valence-electron chi connectivity index (χ3n) is 3.40. The average Bonchev–Trinajstić information content (AvgIpc) is 2.85. The summed E-state index contributed by atoms with van der Waals surface area (Å²) in [6.07, 6.45) is 2.91. The number of aromatic nitrogens is 2. The van der Waals surface area contributed by atoms with E-state index >= 15 is 0 Å². The fourth-order valence-corrected chi connectivity index (χ4v) is 3.23. The zero-order valence-electron chi connectivity index (χ0n) is 11.8. The number of nitrogens with zero attached hydrogens (tertiary/aromatic N) is 2. The molecule has 5 nitrogen and oxygen atoms in total. The molecule has 1 aliphatic heterocycles. The van der Waals surface area contributed by atoms with Gasteiger partial charge in [0.15, 0.2) is 0 Å². The quantitative estimate of drug-likeness (QED) is 0.944. The van der Waals surface area contributed by atoms with E-state index in [-0.39, 0.29) is 11.2 Å². The Morgan fingerprint density at radius 2 is 2.24 bits per heavy atom. The van der Waals surface area contributed by atoms with Crippen molar-refractivity contribution in [3.63, 3.8) is 0 Å². The van der Waals surface area contributed by atoms with Crippen LogP contribution in [-0.4, -0.2) is 27.9 Å². The van der Waals surface area contributed by atoms with Gasteiger partial charge in [-0.05, 0) is 31.9 Å². The molecule has 1 saturated heterocycles. The fourth-order valence-electron chi connectivity index (χ4n) is 2.30. The third kappa shape index (κ3) is 3.44. The monoisotopic (exact) mass is 303 g/mol. The van der Waals surface area contributed by atoms with Crippen LogP contribution in [-0.2, 0) is 4.79 Å². The lowest BCUT2D eigenvalue weighted by molar-refractivity contribution is -0.120. The summed E-state index contributed by atoms with van der Waals surface area (Å²) in [5.74, 6) is 0.558. The number of thioether (sulfide) groups is 1. The summed E-state index contributed by atoms with van der Waals surface area (Å²) in [6, 6.07) is 7.92. The number of amides is 1. The zero-order valence-corrected chi connectivity index (χ0v) is 12.7. The molecular formula is C15H17N3O2S. The van der Waals surface area contributed by atoms with E-state index in [2.05, 4.69) is 15.5 Å². The second-order valence-electron chi connectivity index (χ2n) is 5.14. The molecule has 2 aromatic rings. The maximum Gasteiger partial charge on any atom is 0.277 e. The van der Waals surface area contributed by atoms with Crippen LogP contribution in [0.2, 0.25) is 0 Å². The van der Waals surface area contributed by atoms with Crippen molar-refractivity contribution in [2.45, 2.75) is 36.7 Å². The Kier molecular flexibility index (Phi) is 4.24. The lowest BCUT2D eigenvalue weighted by Gasteiger charge is -2.08. The van der Waals surface area contributed by atoms with E-state index in [4.69, 9.17) is 4.42 Å². The van der Waals surface area contributed by atoms with Gasteiger partial charge >= 0.3 is 0 Å². The number of aryl methyl sites for hydroxylation is 1. The molecule has 1 atom stereocenters. The van der Waals surface area contributed by atoms with Crippen LogP contribution in [0.15, 0.2) is 33.9 Å². The summed E-state index contributed by atoms with van der Waals surface area (Å²) >= 11 is 1.35. The second-order valence-corrected chi connectivity index (χ2v) is 6.29. The van der Waals surface area contributed by atoms with Crippen molar-refractivity contribution < 1.29 is 9.21 Å². The number of rotatable bonds is 3. The van der Waals surface area contributed by atoms with Crippen LogP contribution >= 0.6 is 11.8 Å². The lowest BCUT2D eigenvalue weighted by Crippen LogP contribution is -2.30. The maximum absolute atomic E-state index is 11.9. The van der Waals surface area contributed by atoms with Gasteiger partial charge in [0.05, 0.1) is 5.25 Å². The Morgan fingerprint density at radius 3 is 3.10 bits per heavy atom. The molecule has 1 N–H and O–H groups in total. The standard InChI is InChI=1S/C15H17N3O2S/c1-10-5-4-6-11(9-10)14-17-18-15(20-14)21-12-7-2-3-8-16-13(12)19/h4-6,9,12H,2-3,7-8H2,1H3,(H,16,19)/t12-/m0/s1. The van der Waals surface area contributed by atoms with Crippen LogP contribution in [0.25, 0.3) is 11.5 Å². The first-order valence-electron chi connectivity index (χ1n) is 7.07. The summed E-state index contributed by atoms with van der Waals surface area (Å²) in [4.78, 5) is 11.9. The highest BCUT2D eigenvalue weighted by Gasteiger charge is 2.24. The van der Waals surface area contributed by atoms with Crippen molar-refractivity contribution in [1.29, 1.82) is 0 Å². The van der Waals surface area contributed by atoms with Crippen LogP contribution in [0.1, 0.15) is 24.8 Å². The Hall–Kier alpha value is -1.82. The third-order valence-corrected chi connectivity index (χ3v) is 4.50. The Labute approximate surface area is 127 Å². The Morgan fingerprint density at radius 1 is 1.33 bits per heavy atom. The molecule has 0 radical (unpaired) electrons. The van der Waals surface area contributed by atoms with Gasteiger partial charge in [-0.15, -0.1) is 10.2 Å². The van der Waals surface area contributed by atoms with Gasteiger partial charge in [-0.2, -0.15) is 0 Å². The largest absolute Gasteiger partial charge is 0.411 e. The van der Waals surface area contributed by atoms with Gasteiger partial charge in [0, 0.05) is 12.1 Å². The molecule has 1 aromatic heterocycles. The number of carbonyl (C=O) groups is 1. The van der Waals surface area contributed by atoms with Gasteiger partial charge in [0.1, 0.15) is 0 Å². The number of benzene rings is 1. The van der Waals surface area contributed by atoms with Crippen molar-refractivity contribution in [2.24, 2.45) is 0 Å². The van der Waals surface area contributed by atoms with E-state index in [0.717, 1.165) is 36.9 Å². The highest BCUT2D eigenvalue weighted by Crippen LogP contribution is 2.29. The number of nitrogens with one attached hydrogen (secondary N) is 1. The normalized spacial score (nSPS) is 19.1. The zero-order chi connectivity index (χ0) is 14.7. The Balaban J connectivity index is 1.74. The summed E-state index contributed by atoms with van der Waals surface area (Å²) in [6.45, 7) is 2.78. The van der Waals surface area contributed by atoms with Gasteiger partial charge in [0.2, 0.25) is 11.8 Å². The minimum Gasteiger partial charge on any atom is -0.411 e. The molecule has 0 unspecified atom stereocenters. The van der Waals surface area contributed by atoms with Crippen molar-refractivity contribution in [3.05, 3.63) is 29.8 Å². The van der Waals surface area contributed by atoms with Gasteiger partial charge < -0.3 is 9.73 Å². The van der Waals surface area contributed by atoms with Gasteiger partial charge in [0.25, 0.3) is 5.22 Å². The molecule has 1 fully saturated rings. The van der Waals surface area contributed by atoms with E-state index in [1.165, 1.54) is 11.8 Å². The van der Waals surface area contributed by atoms with E-state index in [1.807, 2.05) is 31.2 Å². The molecule has 0 aliphatic carbocycles. The number of carbonyl (C=O) groups excluding carboxylic acids is 1. The average molecular weight is 303 g/mol. The first-order chi connectivity index (χ1) is 10.2. The minimum absolute atomic E-state index is 0.0628. The molecule has 21 heavy (non-hydrogen) atoms. The van der Waals surface area contributed by atoms with Crippen molar-refractivity contribution >= 4 is 17.7 Å². The van der Waals surface area contributed by atoms with Gasteiger partial charge in [-0.1, -0.05) is 35.9 Å². The first kappa shape index (κ1) is 14.1. The molecule has 6 heteroatoms. The van der Waals surface area contributed by atoms with Crippen LogP contribution in [0.4, 0.5) is 0 Å². The summed E-state index contributed by atoms with van der Waals surface area (Å²) < 4.78 is 5.68. The SMILES string of the molecule is Cc1cccc(-c2nnc(S[C@H]3CCCCNC3=O)o2)c1. The topological polar surface area (TPSA) is 68.0 Å². The molecular weight excluding hydrogens is 286 g/mol. The molecule has 1 amide bonds. The predicted octanol–water partition coefficient (Wildman–Crippen LogP) is 2.81. The van der Waals surface area contributed by atoms with Gasteiger partial charge in [-0.3, -0.25) is 4.79 Å². The van der Waals surface area contributed by atoms with E-state index in [1.54, 1.807) is 0 Å². The molecule has 0 spiro atoms. The van der Waals surface area contributed by atoms with Gasteiger partial charge in [-0.25, -0.2) is 0 Å². The van der Waals surface area contributed by atoms with Crippen LogP contribution < -0.4 is 5.32 Å². The van der Waals surface area contributed by atoms with Crippen LogP contribution in [0.3, 0.4) is 0 Å². The number of hydrogen-bond donors (Lipinski definition) is 1. The summed E-state index contributed by atoms with van der Waals surface area (Å²) in [5, 5.41) is 11.3. The second kappa shape index (κ2) is 6.30. The molecule has 2 heterocycles. The van der Waals surface area contributed by atoms with E-state index in [0.29, 0.717) is 11.1 Å². The summed E-state index contributed by atoms with van der Waals surface area (Å²) in [7, 11) is 0. The van der Waals surface area contributed by atoms with E-state index < -0.39 is 0 Å². The van der Waals surface area contributed by atoms with Crippen molar-refractivity contribution in [1.82, 2.24) is 15.5 Å².